The number of aromatic nitrogens is 4. The summed E-state index contributed by atoms with van der Waals surface area (Å²) in [6, 6.07) is 5.56. The summed E-state index contributed by atoms with van der Waals surface area (Å²) in [6.45, 7) is 2.32. The summed E-state index contributed by atoms with van der Waals surface area (Å²) in [5, 5.41) is 14.7. The molecule has 2 N–H and O–H groups in total. The fourth-order valence-electron chi connectivity index (χ4n) is 1.97. The number of benzene rings is 1. The summed E-state index contributed by atoms with van der Waals surface area (Å²) in [7, 11) is 1.73. The van der Waals surface area contributed by atoms with E-state index in [0.717, 1.165) is 11.3 Å². The van der Waals surface area contributed by atoms with E-state index in [2.05, 4.69) is 24.9 Å². The molecule has 3 rings (SSSR count). The second-order valence-corrected chi connectivity index (χ2v) is 5.47. The van der Waals surface area contributed by atoms with Gasteiger partial charge in [0.1, 0.15) is 11.0 Å². The Balaban J connectivity index is 0.000000321. The molecule has 27 heavy (non-hydrogen) atoms. The zero-order chi connectivity index (χ0) is 20.2. The van der Waals surface area contributed by atoms with Crippen LogP contribution in [-0.2, 0) is 11.3 Å². The van der Waals surface area contributed by atoms with Gasteiger partial charge in [-0.2, -0.15) is 13.2 Å². The summed E-state index contributed by atoms with van der Waals surface area (Å²) in [5.41, 5.74) is 3.19. The van der Waals surface area contributed by atoms with Gasteiger partial charge in [0, 0.05) is 25.5 Å². The third-order valence-electron chi connectivity index (χ3n) is 3.23. The SMILES string of the molecule is Cc1cnc(C(=O)N(C)Cc2ccc3nonc3c2)[nH]1.O=C(O)C(F)(F)F. The summed E-state index contributed by atoms with van der Waals surface area (Å²) in [5.74, 6) is -2.57. The van der Waals surface area contributed by atoms with Crippen molar-refractivity contribution in [1.82, 2.24) is 25.2 Å². The van der Waals surface area contributed by atoms with Gasteiger partial charge < -0.3 is 15.0 Å². The topological polar surface area (TPSA) is 125 Å². The molecule has 0 spiro atoms. The summed E-state index contributed by atoms with van der Waals surface area (Å²) in [4.78, 5) is 29.6. The van der Waals surface area contributed by atoms with Crippen LogP contribution in [0.1, 0.15) is 21.9 Å². The van der Waals surface area contributed by atoms with Crippen molar-refractivity contribution in [1.29, 1.82) is 0 Å². The number of halogens is 3. The number of aliphatic carboxylic acids is 1. The number of carbonyl (C=O) groups excluding carboxylic acids is 1. The highest BCUT2D eigenvalue weighted by atomic mass is 19.4. The van der Waals surface area contributed by atoms with E-state index in [1.807, 2.05) is 25.1 Å². The second kappa shape index (κ2) is 7.85. The third-order valence-corrected chi connectivity index (χ3v) is 3.23. The van der Waals surface area contributed by atoms with E-state index in [0.29, 0.717) is 23.4 Å². The Labute approximate surface area is 149 Å². The number of fused-ring (bicyclic) bond motifs is 1. The van der Waals surface area contributed by atoms with Crippen molar-refractivity contribution in [2.45, 2.75) is 19.6 Å². The van der Waals surface area contributed by atoms with Crippen molar-refractivity contribution in [3.05, 3.63) is 41.5 Å². The normalized spacial score (nSPS) is 11.0. The van der Waals surface area contributed by atoms with Crippen LogP contribution < -0.4 is 0 Å². The quantitative estimate of drug-likeness (QED) is 0.708. The minimum Gasteiger partial charge on any atom is -0.475 e. The molecule has 0 aliphatic carbocycles. The van der Waals surface area contributed by atoms with Crippen LogP contribution >= 0.6 is 0 Å². The number of rotatable bonds is 3. The average Bonchev–Trinajstić information content (AvgIpc) is 3.22. The van der Waals surface area contributed by atoms with Crippen molar-refractivity contribution < 1.29 is 32.5 Å². The lowest BCUT2D eigenvalue weighted by molar-refractivity contribution is -0.192. The molecule has 0 radical (unpaired) electrons. The Kier molecular flexibility index (Phi) is 5.78. The fourth-order valence-corrected chi connectivity index (χ4v) is 1.97. The molecule has 1 aromatic carbocycles. The maximum Gasteiger partial charge on any atom is 0.490 e. The maximum atomic E-state index is 12.2. The number of hydrogen-bond donors (Lipinski definition) is 2. The van der Waals surface area contributed by atoms with Crippen LogP contribution in [0.3, 0.4) is 0 Å². The van der Waals surface area contributed by atoms with Crippen molar-refractivity contribution in [3.63, 3.8) is 0 Å². The number of amides is 1. The molecule has 0 unspecified atom stereocenters. The lowest BCUT2D eigenvalue weighted by Gasteiger charge is -2.15. The molecule has 0 bridgehead atoms. The smallest absolute Gasteiger partial charge is 0.475 e. The van der Waals surface area contributed by atoms with E-state index in [-0.39, 0.29) is 5.91 Å². The molecule has 9 nitrogen and oxygen atoms in total. The van der Waals surface area contributed by atoms with Crippen LogP contribution in [0.4, 0.5) is 13.2 Å². The fraction of sp³-hybridized carbons (Fsp3) is 0.267. The Morgan fingerprint density at radius 2 is 1.89 bits per heavy atom. The van der Waals surface area contributed by atoms with Gasteiger partial charge in [-0.3, -0.25) is 4.79 Å². The standard InChI is InChI=1S/C13H13N5O2.C2HF3O2/c1-8-6-14-12(15-8)13(19)18(2)7-9-3-4-10-11(5-9)17-20-16-10;3-2(4,5)1(6)7/h3-6H,7H2,1-2H3,(H,14,15);(H,6,7). The molecular weight excluding hydrogens is 371 g/mol. The molecule has 0 saturated carbocycles. The van der Waals surface area contributed by atoms with Gasteiger partial charge in [-0.25, -0.2) is 14.4 Å². The van der Waals surface area contributed by atoms with Crippen LogP contribution in [0, 0.1) is 6.92 Å². The first kappa shape index (κ1) is 19.9. The Bertz CT molecular complexity index is 950. The maximum absolute atomic E-state index is 12.2. The largest absolute Gasteiger partial charge is 0.490 e. The molecule has 2 heterocycles. The number of alkyl halides is 3. The van der Waals surface area contributed by atoms with E-state index < -0.39 is 12.1 Å². The molecule has 144 valence electrons. The molecule has 1 amide bonds. The number of nitrogens with one attached hydrogen (secondary N) is 1. The van der Waals surface area contributed by atoms with Gasteiger partial charge in [-0.15, -0.1) is 0 Å². The lowest BCUT2D eigenvalue weighted by Crippen LogP contribution is -2.27. The Morgan fingerprint density at radius 3 is 2.44 bits per heavy atom. The average molecular weight is 385 g/mol. The molecule has 12 heteroatoms. The molecule has 0 aliphatic heterocycles. The number of carboxylic acid groups (broad SMARTS) is 1. The molecule has 0 saturated heterocycles. The number of carbonyl (C=O) groups is 2. The van der Waals surface area contributed by atoms with Crippen LogP contribution in [0.2, 0.25) is 0 Å². The zero-order valence-electron chi connectivity index (χ0n) is 14.1. The third kappa shape index (κ3) is 5.26. The highest BCUT2D eigenvalue weighted by Gasteiger charge is 2.38. The molecule has 2 aromatic heterocycles. The van der Waals surface area contributed by atoms with E-state index >= 15 is 0 Å². The first-order valence-corrected chi connectivity index (χ1v) is 7.36. The predicted molar refractivity (Wildman–Crippen MR) is 84.6 cm³/mol. The monoisotopic (exact) mass is 385 g/mol. The minimum absolute atomic E-state index is 0.156. The minimum atomic E-state index is -5.08. The van der Waals surface area contributed by atoms with Gasteiger partial charge in [0.05, 0.1) is 0 Å². The van der Waals surface area contributed by atoms with E-state index in [4.69, 9.17) is 9.90 Å². The van der Waals surface area contributed by atoms with Crippen LogP contribution in [0.5, 0.6) is 0 Å². The highest BCUT2D eigenvalue weighted by Crippen LogP contribution is 2.14. The van der Waals surface area contributed by atoms with Gasteiger partial charge in [0.2, 0.25) is 0 Å². The van der Waals surface area contributed by atoms with Gasteiger partial charge in [-0.1, -0.05) is 6.07 Å². The number of nitrogens with zero attached hydrogens (tertiary/aromatic N) is 4. The summed E-state index contributed by atoms with van der Waals surface area (Å²) >= 11 is 0. The number of H-pyrrole nitrogens is 1. The van der Waals surface area contributed by atoms with Crippen LogP contribution in [0.15, 0.2) is 29.0 Å². The number of hydrogen-bond acceptors (Lipinski definition) is 6. The van der Waals surface area contributed by atoms with E-state index in [9.17, 15) is 18.0 Å². The number of imidazole rings is 1. The highest BCUT2D eigenvalue weighted by molar-refractivity contribution is 5.90. The molecule has 0 aliphatic rings. The van der Waals surface area contributed by atoms with Gasteiger partial charge in [0.25, 0.3) is 5.91 Å². The van der Waals surface area contributed by atoms with Crippen molar-refractivity contribution >= 4 is 22.9 Å². The predicted octanol–water partition coefficient (Wildman–Crippen LogP) is 2.16. The van der Waals surface area contributed by atoms with Crippen molar-refractivity contribution in [2.75, 3.05) is 7.05 Å². The molecular formula is C15H14F3N5O4. The van der Waals surface area contributed by atoms with Gasteiger partial charge >= 0.3 is 12.1 Å². The lowest BCUT2D eigenvalue weighted by atomic mass is 10.2. The van der Waals surface area contributed by atoms with Crippen molar-refractivity contribution in [2.24, 2.45) is 0 Å². The molecule has 0 fully saturated rings. The first-order valence-electron chi connectivity index (χ1n) is 7.36. The van der Waals surface area contributed by atoms with Crippen LogP contribution in [0.25, 0.3) is 11.0 Å². The van der Waals surface area contributed by atoms with Gasteiger partial charge in [-0.05, 0) is 34.9 Å². The summed E-state index contributed by atoms with van der Waals surface area (Å²) in [6.07, 6.45) is -3.45. The Morgan fingerprint density at radius 1 is 1.26 bits per heavy atom. The van der Waals surface area contributed by atoms with E-state index in [1.165, 1.54) is 0 Å². The number of carboxylic acids is 1. The van der Waals surface area contributed by atoms with E-state index in [1.54, 1.807) is 18.1 Å². The zero-order valence-corrected chi connectivity index (χ0v) is 14.1. The van der Waals surface area contributed by atoms with Crippen LogP contribution in [-0.4, -0.2) is 55.4 Å². The molecule has 0 atom stereocenters. The number of aryl methyl sites for hydroxylation is 1. The second-order valence-electron chi connectivity index (χ2n) is 5.47. The first-order chi connectivity index (χ1) is 12.6. The summed E-state index contributed by atoms with van der Waals surface area (Å²) < 4.78 is 36.4. The number of aromatic amines is 1. The Hall–Kier alpha value is -3.44. The van der Waals surface area contributed by atoms with Crippen molar-refractivity contribution in [3.8, 4) is 0 Å². The molecule has 3 aromatic rings. The van der Waals surface area contributed by atoms with Gasteiger partial charge in [0.15, 0.2) is 5.82 Å².